The predicted molar refractivity (Wildman–Crippen MR) is 55.2 cm³/mol. The van der Waals surface area contributed by atoms with Crippen molar-refractivity contribution in [2.24, 2.45) is 0 Å². The Morgan fingerprint density at radius 3 is 3.00 bits per heavy atom. The van der Waals surface area contributed by atoms with Crippen molar-refractivity contribution in [1.29, 1.82) is 0 Å². The molecule has 1 aliphatic rings. The van der Waals surface area contributed by atoms with Crippen molar-refractivity contribution in [2.75, 3.05) is 33.9 Å². The van der Waals surface area contributed by atoms with Crippen LogP contribution in [0.1, 0.15) is 19.3 Å². The van der Waals surface area contributed by atoms with E-state index >= 15 is 0 Å². The van der Waals surface area contributed by atoms with E-state index in [4.69, 9.17) is 4.74 Å². The minimum atomic E-state index is -0.0218. The SMILES string of the molecule is COCC(=O)NCC1CCCCN1C. The van der Waals surface area contributed by atoms with Gasteiger partial charge in [0, 0.05) is 19.7 Å². The van der Waals surface area contributed by atoms with Crippen LogP contribution in [0.4, 0.5) is 0 Å². The zero-order chi connectivity index (χ0) is 10.4. The number of likely N-dealkylation sites (tertiary alicyclic amines) is 1. The lowest BCUT2D eigenvalue weighted by molar-refractivity contribution is -0.125. The second-order valence-corrected chi connectivity index (χ2v) is 3.87. The Balaban J connectivity index is 2.19. The van der Waals surface area contributed by atoms with Gasteiger partial charge >= 0.3 is 0 Å². The molecule has 0 bridgehead atoms. The molecule has 1 rings (SSSR count). The summed E-state index contributed by atoms with van der Waals surface area (Å²) in [6.07, 6.45) is 3.73. The maximum Gasteiger partial charge on any atom is 0.246 e. The van der Waals surface area contributed by atoms with E-state index in [0.29, 0.717) is 6.04 Å². The first-order valence-electron chi connectivity index (χ1n) is 5.20. The summed E-state index contributed by atoms with van der Waals surface area (Å²) in [6.45, 7) is 2.06. The zero-order valence-electron chi connectivity index (χ0n) is 9.08. The number of carbonyl (C=O) groups excluding carboxylic acids is 1. The summed E-state index contributed by atoms with van der Waals surface area (Å²) in [6, 6.07) is 0.504. The van der Waals surface area contributed by atoms with Gasteiger partial charge in [-0.3, -0.25) is 4.79 Å². The predicted octanol–water partition coefficient (Wildman–Crippen LogP) is 0.233. The third-order valence-corrected chi connectivity index (χ3v) is 2.73. The molecule has 1 N–H and O–H groups in total. The standard InChI is InChI=1S/C10H20N2O2/c1-12-6-4-3-5-9(12)7-11-10(13)8-14-2/h9H,3-8H2,1-2H3,(H,11,13). The lowest BCUT2D eigenvalue weighted by atomic mass is 10.0. The maximum atomic E-state index is 11.1. The lowest BCUT2D eigenvalue weighted by Crippen LogP contribution is -2.45. The highest BCUT2D eigenvalue weighted by atomic mass is 16.5. The molecule has 0 aromatic rings. The lowest BCUT2D eigenvalue weighted by Gasteiger charge is -2.32. The number of carbonyl (C=O) groups is 1. The monoisotopic (exact) mass is 200 g/mol. The van der Waals surface area contributed by atoms with Crippen LogP contribution >= 0.6 is 0 Å². The van der Waals surface area contributed by atoms with E-state index < -0.39 is 0 Å². The molecule has 0 radical (unpaired) electrons. The van der Waals surface area contributed by atoms with Crippen LogP contribution in [-0.4, -0.2) is 50.7 Å². The summed E-state index contributed by atoms with van der Waals surface area (Å²) in [5.41, 5.74) is 0. The van der Waals surface area contributed by atoms with Gasteiger partial charge in [0.15, 0.2) is 0 Å². The van der Waals surface area contributed by atoms with Crippen molar-refractivity contribution in [3.63, 3.8) is 0 Å². The van der Waals surface area contributed by atoms with Gasteiger partial charge in [-0.25, -0.2) is 0 Å². The molecule has 0 spiro atoms. The molecule has 1 atom stereocenters. The first kappa shape index (κ1) is 11.5. The van der Waals surface area contributed by atoms with Gasteiger partial charge < -0.3 is 15.0 Å². The smallest absolute Gasteiger partial charge is 0.246 e. The molecule has 1 saturated heterocycles. The number of nitrogens with one attached hydrogen (secondary N) is 1. The fourth-order valence-electron chi connectivity index (χ4n) is 1.82. The van der Waals surface area contributed by atoms with E-state index in [1.165, 1.54) is 26.4 Å². The molecule has 14 heavy (non-hydrogen) atoms. The molecule has 1 unspecified atom stereocenters. The van der Waals surface area contributed by atoms with Crippen LogP contribution in [-0.2, 0) is 9.53 Å². The molecule has 1 amide bonds. The molecule has 4 heteroatoms. The summed E-state index contributed by atoms with van der Waals surface area (Å²) in [5, 5.41) is 2.88. The van der Waals surface area contributed by atoms with E-state index in [1.54, 1.807) is 0 Å². The third-order valence-electron chi connectivity index (χ3n) is 2.73. The van der Waals surface area contributed by atoms with Crippen LogP contribution in [0.25, 0.3) is 0 Å². The minimum Gasteiger partial charge on any atom is -0.375 e. The number of piperidine rings is 1. The third kappa shape index (κ3) is 3.64. The summed E-state index contributed by atoms with van der Waals surface area (Å²) in [5.74, 6) is -0.0218. The molecule has 1 fully saturated rings. The summed E-state index contributed by atoms with van der Waals surface area (Å²) < 4.78 is 4.74. The highest BCUT2D eigenvalue weighted by Gasteiger charge is 2.18. The number of amides is 1. The topological polar surface area (TPSA) is 41.6 Å². The van der Waals surface area contributed by atoms with E-state index in [2.05, 4.69) is 17.3 Å². The minimum absolute atomic E-state index is 0.0218. The second kappa shape index (κ2) is 5.98. The maximum absolute atomic E-state index is 11.1. The molecule has 4 nitrogen and oxygen atoms in total. The largest absolute Gasteiger partial charge is 0.375 e. The quantitative estimate of drug-likeness (QED) is 0.706. The molecule has 0 aliphatic carbocycles. The summed E-state index contributed by atoms with van der Waals surface area (Å²) in [7, 11) is 3.65. The van der Waals surface area contributed by atoms with Gasteiger partial charge in [-0.15, -0.1) is 0 Å². The van der Waals surface area contributed by atoms with Crippen LogP contribution in [0, 0.1) is 0 Å². The van der Waals surface area contributed by atoms with Crippen LogP contribution < -0.4 is 5.32 Å². The van der Waals surface area contributed by atoms with Crippen molar-refractivity contribution in [2.45, 2.75) is 25.3 Å². The van der Waals surface area contributed by atoms with Crippen LogP contribution in [0.2, 0.25) is 0 Å². The van der Waals surface area contributed by atoms with Crippen LogP contribution in [0.15, 0.2) is 0 Å². The Morgan fingerprint density at radius 2 is 2.36 bits per heavy atom. The Hall–Kier alpha value is -0.610. The Morgan fingerprint density at radius 1 is 1.57 bits per heavy atom. The Kier molecular flexibility index (Phi) is 4.90. The second-order valence-electron chi connectivity index (χ2n) is 3.87. The number of likely N-dealkylation sites (N-methyl/N-ethyl adjacent to an activating group) is 1. The number of nitrogens with zero attached hydrogens (tertiary/aromatic N) is 1. The van der Waals surface area contributed by atoms with Gasteiger partial charge in [0.05, 0.1) is 0 Å². The fraction of sp³-hybridized carbons (Fsp3) is 0.900. The first-order valence-corrected chi connectivity index (χ1v) is 5.20. The van der Waals surface area contributed by atoms with Crippen molar-refractivity contribution in [3.05, 3.63) is 0 Å². The average molecular weight is 200 g/mol. The van der Waals surface area contributed by atoms with E-state index in [9.17, 15) is 4.79 Å². The Bertz CT molecular complexity index is 185. The molecule has 1 heterocycles. The Labute approximate surface area is 85.6 Å². The highest BCUT2D eigenvalue weighted by molar-refractivity contribution is 5.77. The van der Waals surface area contributed by atoms with E-state index in [1.807, 2.05) is 0 Å². The van der Waals surface area contributed by atoms with Crippen LogP contribution in [0.5, 0.6) is 0 Å². The zero-order valence-corrected chi connectivity index (χ0v) is 9.08. The number of ether oxygens (including phenoxy) is 1. The van der Waals surface area contributed by atoms with Gasteiger partial charge in [0.2, 0.25) is 5.91 Å². The number of rotatable bonds is 4. The van der Waals surface area contributed by atoms with Gasteiger partial charge in [-0.1, -0.05) is 6.42 Å². The number of methoxy groups -OCH3 is 1. The van der Waals surface area contributed by atoms with Gasteiger partial charge in [-0.2, -0.15) is 0 Å². The van der Waals surface area contributed by atoms with Crippen molar-refractivity contribution in [1.82, 2.24) is 10.2 Å². The summed E-state index contributed by atoms with van der Waals surface area (Å²) >= 11 is 0. The molecular weight excluding hydrogens is 180 g/mol. The molecule has 0 aromatic heterocycles. The molecule has 0 saturated carbocycles. The van der Waals surface area contributed by atoms with Crippen molar-refractivity contribution in [3.8, 4) is 0 Å². The number of hydrogen-bond acceptors (Lipinski definition) is 3. The van der Waals surface area contributed by atoms with E-state index in [0.717, 1.165) is 13.1 Å². The van der Waals surface area contributed by atoms with E-state index in [-0.39, 0.29) is 12.5 Å². The van der Waals surface area contributed by atoms with Gasteiger partial charge in [0.1, 0.15) is 6.61 Å². The normalized spacial score (nSPS) is 23.4. The van der Waals surface area contributed by atoms with Crippen LogP contribution in [0.3, 0.4) is 0 Å². The highest BCUT2D eigenvalue weighted by Crippen LogP contribution is 2.13. The average Bonchev–Trinajstić information content (AvgIpc) is 2.17. The molecule has 0 aromatic carbocycles. The van der Waals surface area contributed by atoms with Gasteiger partial charge in [-0.05, 0) is 26.4 Å². The number of hydrogen-bond donors (Lipinski definition) is 1. The van der Waals surface area contributed by atoms with Crippen molar-refractivity contribution >= 4 is 5.91 Å². The van der Waals surface area contributed by atoms with Crippen molar-refractivity contribution < 1.29 is 9.53 Å². The fourth-order valence-corrected chi connectivity index (χ4v) is 1.82. The molecule has 1 aliphatic heterocycles. The summed E-state index contributed by atoms with van der Waals surface area (Å²) in [4.78, 5) is 13.5. The molecule has 82 valence electrons. The van der Waals surface area contributed by atoms with Gasteiger partial charge in [0.25, 0.3) is 0 Å². The first-order chi connectivity index (χ1) is 6.74. The molecular formula is C10H20N2O2.